The van der Waals surface area contributed by atoms with Crippen molar-refractivity contribution in [2.75, 3.05) is 6.54 Å². The molecular formula is C17H14Cl2N2O4S3. The zero-order chi connectivity index (χ0) is 20.4. The van der Waals surface area contributed by atoms with Crippen LogP contribution in [0.1, 0.15) is 10.8 Å². The number of thiophene rings is 1. The van der Waals surface area contributed by atoms with Gasteiger partial charge in [-0.15, -0.1) is 11.3 Å². The lowest BCUT2D eigenvalue weighted by Gasteiger charge is -2.18. The molecule has 3 aromatic rings. The molecule has 0 saturated heterocycles. The van der Waals surface area contributed by atoms with E-state index in [2.05, 4.69) is 9.71 Å². The highest BCUT2D eigenvalue weighted by molar-refractivity contribution is 7.92. The number of rotatable bonds is 7. The lowest BCUT2D eigenvalue weighted by Crippen LogP contribution is -2.31. The van der Waals surface area contributed by atoms with Gasteiger partial charge in [0.2, 0.25) is 10.0 Å². The van der Waals surface area contributed by atoms with Gasteiger partial charge >= 0.3 is 0 Å². The molecule has 6 nitrogen and oxygen atoms in total. The number of sulfone groups is 1. The van der Waals surface area contributed by atoms with Crippen molar-refractivity contribution in [3.63, 3.8) is 0 Å². The molecule has 0 aliphatic carbocycles. The van der Waals surface area contributed by atoms with E-state index in [1.807, 2.05) is 0 Å². The first-order chi connectivity index (χ1) is 13.2. The molecule has 148 valence electrons. The molecule has 2 aromatic heterocycles. The zero-order valence-electron chi connectivity index (χ0n) is 14.1. The van der Waals surface area contributed by atoms with Crippen molar-refractivity contribution in [3.05, 3.63) is 75.8 Å². The van der Waals surface area contributed by atoms with Crippen LogP contribution in [0, 0.1) is 0 Å². The molecule has 0 bridgehead atoms. The Labute approximate surface area is 177 Å². The molecule has 0 aliphatic rings. The third-order valence-corrected chi connectivity index (χ3v) is 9.36. The second-order valence-corrected chi connectivity index (χ2v) is 12.0. The lowest BCUT2D eigenvalue weighted by molar-refractivity contribution is 0.569. The minimum Gasteiger partial charge on any atom is -0.264 e. The second-order valence-electron chi connectivity index (χ2n) is 5.68. The molecule has 1 aromatic carbocycles. The molecule has 0 amide bonds. The standard InChI is InChI=1S/C17H14Cl2N2O4S3/c18-13-3-5-14(6-4-13)27(22,23)15(12-2-1-9-20-10-12)11-21-28(24,25)17-8-7-16(19)26-17/h1-10,15,21H,11H2. The molecule has 28 heavy (non-hydrogen) atoms. The van der Waals surface area contributed by atoms with E-state index in [0.29, 0.717) is 14.9 Å². The lowest BCUT2D eigenvalue weighted by atomic mass is 10.2. The third kappa shape index (κ3) is 4.73. The smallest absolute Gasteiger partial charge is 0.250 e. The highest BCUT2D eigenvalue weighted by Crippen LogP contribution is 2.30. The average molecular weight is 477 g/mol. The number of nitrogens with zero attached hydrogens (tertiary/aromatic N) is 1. The van der Waals surface area contributed by atoms with Gasteiger partial charge in [0, 0.05) is 24.0 Å². The Bertz CT molecular complexity index is 1160. The summed E-state index contributed by atoms with van der Waals surface area (Å²) in [6.45, 7) is -0.367. The quantitative estimate of drug-likeness (QED) is 0.557. The van der Waals surface area contributed by atoms with Gasteiger partial charge in [-0.2, -0.15) is 0 Å². The summed E-state index contributed by atoms with van der Waals surface area (Å²) in [6.07, 6.45) is 2.90. The summed E-state index contributed by atoms with van der Waals surface area (Å²) in [5, 5.41) is -0.778. The Kier molecular flexibility index (Phi) is 6.43. The predicted octanol–water partition coefficient (Wildman–Crippen LogP) is 3.94. The van der Waals surface area contributed by atoms with Gasteiger partial charge in [-0.25, -0.2) is 21.6 Å². The highest BCUT2D eigenvalue weighted by atomic mass is 35.5. The number of pyridine rings is 1. The van der Waals surface area contributed by atoms with Crippen molar-refractivity contribution in [2.45, 2.75) is 14.4 Å². The van der Waals surface area contributed by atoms with Gasteiger partial charge in [-0.1, -0.05) is 29.3 Å². The molecule has 1 unspecified atom stereocenters. The number of hydrogen-bond donors (Lipinski definition) is 1. The largest absolute Gasteiger partial charge is 0.264 e. The SMILES string of the molecule is O=S(=O)(NCC(c1cccnc1)S(=O)(=O)c1ccc(Cl)cc1)c1ccc(Cl)s1. The summed E-state index contributed by atoms with van der Waals surface area (Å²) >= 11 is 12.5. The molecule has 1 atom stereocenters. The molecule has 11 heteroatoms. The Morgan fingerprint density at radius 1 is 1.00 bits per heavy atom. The maximum atomic E-state index is 13.2. The van der Waals surface area contributed by atoms with Gasteiger partial charge in [-0.05, 0) is 48.0 Å². The summed E-state index contributed by atoms with van der Waals surface area (Å²) in [6, 6.07) is 11.7. The van der Waals surface area contributed by atoms with Crippen LogP contribution in [0.25, 0.3) is 0 Å². The van der Waals surface area contributed by atoms with E-state index in [1.165, 1.54) is 48.8 Å². The molecule has 2 heterocycles. The fourth-order valence-corrected chi connectivity index (χ4v) is 6.91. The zero-order valence-corrected chi connectivity index (χ0v) is 18.1. The fourth-order valence-electron chi connectivity index (χ4n) is 2.46. The molecule has 0 spiro atoms. The van der Waals surface area contributed by atoms with Crippen LogP contribution in [-0.4, -0.2) is 28.4 Å². The van der Waals surface area contributed by atoms with Crippen molar-refractivity contribution in [1.29, 1.82) is 0 Å². The normalized spacial score (nSPS) is 13.4. The Balaban J connectivity index is 1.95. The fraction of sp³-hybridized carbons (Fsp3) is 0.118. The van der Waals surface area contributed by atoms with E-state index in [4.69, 9.17) is 23.2 Å². The van der Waals surface area contributed by atoms with Crippen LogP contribution in [-0.2, 0) is 19.9 Å². The van der Waals surface area contributed by atoms with Crippen LogP contribution in [0.5, 0.6) is 0 Å². The monoisotopic (exact) mass is 476 g/mol. The summed E-state index contributed by atoms with van der Waals surface area (Å²) in [5.41, 5.74) is 0.365. The van der Waals surface area contributed by atoms with Crippen molar-refractivity contribution in [1.82, 2.24) is 9.71 Å². The number of halogens is 2. The topological polar surface area (TPSA) is 93.2 Å². The van der Waals surface area contributed by atoms with Gasteiger partial charge in [0.05, 0.1) is 9.23 Å². The van der Waals surface area contributed by atoms with Crippen LogP contribution >= 0.6 is 34.5 Å². The average Bonchev–Trinajstić information content (AvgIpc) is 3.10. The Hall–Kier alpha value is -1.49. The highest BCUT2D eigenvalue weighted by Gasteiger charge is 2.31. The van der Waals surface area contributed by atoms with Gasteiger partial charge in [0.15, 0.2) is 9.84 Å². The van der Waals surface area contributed by atoms with E-state index >= 15 is 0 Å². The minimum absolute atomic E-state index is 0.00586. The maximum Gasteiger partial charge on any atom is 0.250 e. The first-order valence-corrected chi connectivity index (χ1v) is 12.4. The number of aromatic nitrogens is 1. The summed E-state index contributed by atoms with van der Waals surface area (Å²) in [5.74, 6) is 0. The maximum absolute atomic E-state index is 13.2. The van der Waals surface area contributed by atoms with Crippen molar-refractivity contribution in [2.24, 2.45) is 0 Å². The van der Waals surface area contributed by atoms with Crippen LogP contribution in [0.15, 0.2) is 70.0 Å². The molecular weight excluding hydrogens is 463 g/mol. The molecule has 0 aliphatic heterocycles. The van der Waals surface area contributed by atoms with E-state index in [-0.39, 0.29) is 15.6 Å². The number of sulfonamides is 1. The number of nitrogens with one attached hydrogen (secondary N) is 1. The van der Waals surface area contributed by atoms with E-state index in [9.17, 15) is 16.8 Å². The minimum atomic E-state index is -3.92. The van der Waals surface area contributed by atoms with Gasteiger partial charge in [-0.3, -0.25) is 4.98 Å². The summed E-state index contributed by atoms with van der Waals surface area (Å²) in [7, 11) is -7.83. The van der Waals surface area contributed by atoms with E-state index < -0.39 is 25.1 Å². The molecule has 0 radical (unpaired) electrons. The van der Waals surface area contributed by atoms with Gasteiger partial charge < -0.3 is 0 Å². The number of hydrogen-bond acceptors (Lipinski definition) is 6. The van der Waals surface area contributed by atoms with Crippen LogP contribution in [0.4, 0.5) is 0 Å². The van der Waals surface area contributed by atoms with E-state index in [0.717, 1.165) is 11.3 Å². The molecule has 0 fully saturated rings. The van der Waals surface area contributed by atoms with Gasteiger partial charge in [0.1, 0.15) is 9.46 Å². The first kappa shape index (κ1) is 21.2. The molecule has 3 rings (SSSR count). The number of benzene rings is 1. The first-order valence-electron chi connectivity index (χ1n) is 7.84. The van der Waals surface area contributed by atoms with Crippen molar-refractivity contribution in [3.8, 4) is 0 Å². The van der Waals surface area contributed by atoms with Crippen LogP contribution in [0.2, 0.25) is 9.36 Å². The molecule has 0 saturated carbocycles. The Morgan fingerprint density at radius 3 is 2.29 bits per heavy atom. The van der Waals surface area contributed by atoms with Gasteiger partial charge in [0.25, 0.3) is 0 Å². The second kappa shape index (κ2) is 8.48. The van der Waals surface area contributed by atoms with Crippen molar-refractivity contribution >= 4 is 54.4 Å². The molecule has 1 N–H and O–H groups in total. The summed E-state index contributed by atoms with van der Waals surface area (Å²) < 4.78 is 54.0. The van der Waals surface area contributed by atoms with Crippen LogP contribution < -0.4 is 4.72 Å². The van der Waals surface area contributed by atoms with Crippen molar-refractivity contribution < 1.29 is 16.8 Å². The summed E-state index contributed by atoms with van der Waals surface area (Å²) in [4.78, 5) is 3.99. The van der Waals surface area contributed by atoms with E-state index in [1.54, 1.807) is 12.1 Å². The predicted molar refractivity (Wildman–Crippen MR) is 110 cm³/mol. The third-order valence-electron chi connectivity index (χ3n) is 3.85. The Morgan fingerprint density at radius 2 is 1.71 bits per heavy atom. The van der Waals surface area contributed by atoms with Crippen LogP contribution in [0.3, 0.4) is 0 Å².